The minimum absolute atomic E-state index is 0.236. The molecule has 0 amide bonds. The molecule has 0 saturated heterocycles. The lowest BCUT2D eigenvalue weighted by Gasteiger charge is -2.05. The molecule has 0 aromatic carbocycles. The molecule has 6 nitrogen and oxygen atoms in total. The monoisotopic (exact) mass is 294 g/mol. The van der Waals surface area contributed by atoms with Crippen molar-refractivity contribution in [3.8, 4) is 0 Å². The van der Waals surface area contributed by atoms with Crippen LogP contribution in [0.25, 0.3) is 0 Å². The number of ether oxygens (including phenoxy) is 2. The van der Waals surface area contributed by atoms with E-state index >= 15 is 0 Å². The highest BCUT2D eigenvalue weighted by molar-refractivity contribution is 7.89. The average Bonchev–Trinajstić information content (AvgIpc) is 2.83. The van der Waals surface area contributed by atoms with Crippen molar-refractivity contribution in [2.45, 2.75) is 11.4 Å². The Morgan fingerprint density at radius 2 is 2.17 bits per heavy atom. The molecule has 0 atom stereocenters. The molecule has 0 spiro atoms. The molecule has 0 aliphatic heterocycles. The summed E-state index contributed by atoms with van der Waals surface area (Å²) in [6.07, 6.45) is 0. The van der Waals surface area contributed by atoms with E-state index in [0.717, 1.165) is 4.88 Å². The molecule has 0 fully saturated rings. The Labute approximate surface area is 111 Å². The topological polar surface area (TPSA) is 90.6 Å². The Balaban J connectivity index is 2.36. The molecule has 0 aliphatic rings. The first-order valence-corrected chi connectivity index (χ1v) is 7.80. The van der Waals surface area contributed by atoms with Crippen molar-refractivity contribution in [2.24, 2.45) is 5.73 Å². The Kier molecular flexibility index (Phi) is 6.76. The molecule has 0 saturated carbocycles. The number of sulfonamides is 1. The fourth-order valence-electron chi connectivity index (χ4n) is 1.18. The van der Waals surface area contributed by atoms with E-state index in [1.165, 1.54) is 11.3 Å². The first-order valence-electron chi connectivity index (χ1n) is 5.44. The number of hydrogen-bond acceptors (Lipinski definition) is 6. The second kappa shape index (κ2) is 7.82. The van der Waals surface area contributed by atoms with Crippen molar-refractivity contribution in [3.63, 3.8) is 0 Å². The van der Waals surface area contributed by atoms with Crippen LogP contribution in [0.1, 0.15) is 4.88 Å². The van der Waals surface area contributed by atoms with Gasteiger partial charge in [-0.3, -0.25) is 0 Å². The highest BCUT2D eigenvalue weighted by Gasteiger charge is 2.15. The van der Waals surface area contributed by atoms with Crippen LogP contribution in [0, 0.1) is 0 Å². The molecular formula is C10H18N2O4S2. The zero-order valence-corrected chi connectivity index (χ0v) is 11.9. The summed E-state index contributed by atoms with van der Waals surface area (Å²) in [5.41, 5.74) is 5.44. The molecule has 1 aromatic rings. The number of nitrogens with one attached hydrogen (secondary N) is 1. The molecule has 1 rings (SSSR count). The Hall–Kier alpha value is -0.510. The largest absolute Gasteiger partial charge is 0.382 e. The molecule has 0 radical (unpaired) electrons. The van der Waals surface area contributed by atoms with Crippen LogP contribution in [-0.2, 0) is 26.0 Å². The molecule has 104 valence electrons. The van der Waals surface area contributed by atoms with Gasteiger partial charge in [-0.2, -0.15) is 0 Å². The number of rotatable bonds is 9. The standard InChI is InChI=1S/C10H18N2O4S2/c1-15-4-5-16-3-2-12-18(13,14)10-6-9(7-11)17-8-10/h6,8,12H,2-5,7,11H2,1H3. The van der Waals surface area contributed by atoms with Crippen LogP contribution in [0.15, 0.2) is 16.3 Å². The SMILES string of the molecule is COCCOCCNS(=O)(=O)c1csc(CN)c1. The number of thiophene rings is 1. The highest BCUT2D eigenvalue weighted by atomic mass is 32.2. The predicted molar refractivity (Wildman–Crippen MR) is 70.1 cm³/mol. The van der Waals surface area contributed by atoms with E-state index in [2.05, 4.69) is 4.72 Å². The summed E-state index contributed by atoms with van der Waals surface area (Å²) in [5.74, 6) is 0. The lowest BCUT2D eigenvalue weighted by Crippen LogP contribution is -2.27. The van der Waals surface area contributed by atoms with Crippen LogP contribution >= 0.6 is 11.3 Å². The van der Waals surface area contributed by atoms with Gasteiger partial charge in [0.05, 0.1) is 24.7 Å². The van der Waals surface area contributed by atoms with E-state index < -0.39 is 10.0 Å². The highest BCUT2D eigenvalue weighted by Crippen LogP contribution is 2.18. The normalized spacial score (nSPS) is 11.9. The van der Waals surface area contributed by atoms with Crippen LogP contribution in [0.4, 0.5) is 0 Å². The first kappa shape index (κ1) is 15.5. The lowest BCUT2D eigenvalue weighted by molar-refractivity contribution is 0.0736. The third-order valence-electron chi connectivity index (χ3n) is 2.11. The van der Waals surface area contributed by atoms with Crippen molar-refractivity contribution in [2.75, 3.05) is 33.5 Å². The van der Waals surface area contributed by atoms with Gasteiger partial charge in [-0.15, -0.1) is 11.3 Å². The molecule has 18 heavy (non-hydrogen) atoms. The van der Waals surface area contributed by atoms with E-state index in [0.29, 0.717) is 26.4 Å². The molecule has 0 aliphatic carbocycles. The van der Waals surface area contributed by atoms with Gasteiger partial charge < -0.3 is 15.2 Å². The average molecular weight is 294 g/mol. The van der Waals surface area contributed by atoms with Gasteiger partial charge in [-0.05, 0) is 6.07 Å². The maximum atomic E-state index is 11.8. The van der Waals surface area contributed by atoms with Gasteiger partial charge in [-0.25, -0.2) is 13.1 Å². The quantitative estimate of drug-likeness (QED) is 0.633. The van der Waals surface area contributed by atoms with E-state index in [1.54, 1.807) is 18.6 Å². The smallest absolute Gasteiger partial charge is 0.241 e. The van der Waals surface area contributed by atoms with E-state index in [1.807, 2.05) is 0 Å². The molecule has 1 heterocycles. The number of nitrogens with two attached hydrogens (primary N) is 1. The fraction of sp³-hybridized carbons (Fsp3) is 0.600. The zero-order valence-electron chi connectivity index (χ0n) is 10.2. The van der Waals surface area contributed by atoms with Crippen molar-refractivity contribution in [1.82, 2.24) is 4.72 Å². The summed E-state index contributed by atoms with van der Waals surface area (Å²) >= 11 is 1.33. The second-order valence-electron chi connectivity index (χ2n) is 3.46. The van der Waals surface area contributed by atoms with Crippen LogP contribution in [0.3, 0.4) is 0 Å². The predicted octanol–water partition coefficient (Wildman–Crippen LogP) is 0.148. The minimum atomic E-state index is -3.45. The minimum Gasteiger partial charge on any atom is -0.382 e. The Morgan fingerprint density at radius 1 is 1.39 bits per heavy atom. The zero-order chi connectivity index (χ0) is 13.4. The van der Waals surface area contributed by atoms with Crippen LogP contribution in [0.5, 0.6) is 0 Å². The third kappa shape index (κ3) is 5.01. The second-order valence-corrected chi connectivity index (χ2v) is 6.22. The van der Waals surface area contributed by atoms with Gasteiger partial charge in [0, 0.05) is 30.5 Å². The maximum absolute atomic E-state index is 11.8. The van der Waals surface area contributed by atoms with Crippen LogP contribution in [0.2, 0.25) is 0 Å². The van der Waals surface area contributed by atoms with E-state index in [4.69, 9.17) is 15.2 Å². The fourth-order valence-corrected chi connectivity index (χ4v) is 3.35. The number of methoxy groups -OCH3 is 1. The van der Waals surface area contributed by atoms with Crippen LogP contribution in [-0.4, -0.2) is 41.9 Å². The lowest BCUT2D eigenvalue weighted by atomic mass is 10.5. The summed E-state index contributed by atoms with van der Waals surface area (Å²) in [4.78, 5) is 1.09. The van der Waals surface area contributed by atoms with Crippen molar-refractivity contribution in [3.05, 3.63) is 16.3 Å². The summed E-state index contributed by atoms with van der Waals surface area (Å²) in [7, 11) is -1.87. The van der Waals surface area contributed by atoms with Gasteiger partial charge in [0.1, 0.15) is 0 Å². The molecule has 1 aromatic heterocycles. The van der Waals surface area contributed by atoms with E-state index in [-0.39, 0.29) is 11.4 Å². The van der Waals surface area contributed by atoms with Gasteiger partial charge >= 0.3 is 0 Å². The van der Waals surface area contributed by atoms with Crippen LogP contribution < -0.4 is 10.5 Å². The molecule has 0 bridgehead atoms. The van der Waals surface area contributed by atoms with Gasteiger partial charge in [0.25, 0.3) is 0 Å². The molecular weight excluding hydrogens is 276 g/mol. The molecule has 8 heteroatoms. The van der Waals surface area contributed by atoms with Gasteiger partial charge in [-0.1, -0.05) is 0 Å². The summed E-state index contributed by atoms with van der Waals surface area (Å²) in [5, 5.41) is 1.58. The van der Waals surface area contributed by atoms with E-state index in [9.17, 15) is 8.42 Å². The summed E-state index contributed by atoms with van der Waals surface area (Å²) < 4.78 is 36.1. The Bertz CT molecular complexity index is 444. The molecule has 0 unspecified atom stereocenters. The third-order valence-corrected chi connectivity index (χ3v) is 4.66. The number of hydrogen-bond donors (Lipinski definition) is 2. The van der Waals surface area contributed by atoms with Gasteiger partial charge in [0.2, 0.25) is 10.0 Å². The Morgan fingerprint density at radius 3 is 2.78 bits per heavy atom. The molecule has 3 N–H and O–H groups in total. The van der Waals surface area contributed by atoms with Crippen molar-refractivity contribution >= 4 is 21.4 Å². The maximum Gasteiger partial charge on any atom is 0.241 e. The van der Waals surface area contributed by atoms with Crippen molar-refractivity contribution < 1.29 is 17.9 Å². The summed E-state index contributed by atoms with van der Waals surface area (Å²) in [6, 6.07) is 1.58. The van der Waals surface area contributed by atoms with Crippen molar-refractivity contribution in [1.29, 1.82) is 0 Å². The van der Waals surface area contributed by atoms with Gasteiger partial charge in [0.15, 0.2) is 0 Å². The first-order chi connectivity index (χ1) is 8.60. The summed E-state index contributed by atoms with van der Waals surface area (Å²) in [6.45, 7) is 1.85.